The highest BCUT2D eigenvalue weighted by molar-refractivity contribution is 6.06. The quantitative estimate of drug-likeness (QED) is 0.880. The molecule has 0 bridgehead atoms. The molecule has 120 valence electrons. The van der Waals surface area contributed by atoms with Crippen LogP contribution in [0.4, 0.5) is 5.82 Å². The third-order valence-electron chi connectivity index (χ3n) is 4.04. The van der Waals surface area contributed by atoms with Crippen molar-refractivity contribution in [2.75, 3.05) is 18.4 Å². The molecule has 23 heavy (non-hydrogen) atoms. The van der Waals surface area contributed by atoms with Crippen molar-refractivity contribution in [3.8, 4) is 0 Å². The molecule has 6 nitrogen and oxygen atoms in total. The van der Waals surface area contributed by atoms with Gasteiger partial charge in [-0.25, -0.2) is 4.98 Å². The Morgan fingerprint density at radius 3 is 2.91 bits per heavy atom. The van der Waals surface area contributed by atoms with E-state index in [0.717, 1.165) is 23.9 Å². The first-order valence-electron chi connectivity index (χ1n) is 7.78. The fraction of sp³-hybridized carbons (Fsp3) is 0.353. The van der Waals surface area contributed by atoms with Crippen LogP contribution in [0.3, 0.4) is 0 Å². The summed E-state index contributed by atoms with van der Waals surface area (Å²) >= 11 is 0. The zero-order valence-corrected chi connectivity index (χ0v) is 13.1. The zero-order valence-electron chi connectivity index (χ0n) is 13.1. The summed E-state index contributed by atoms with van der Waals surface area (Å²) in [5.41, 5.74) is 6.65. The Labute approximate surface area is 134 Å². The number of para-hydroxylation sites is 1. The van der Waals surface area contributed by atoms with E-state index in [2.05, 4.69) is 10.3 Å². The van der Waals surface area contributed by atoms with Gasteiger partial charge < -0.3 is 16.0 Å². The zero-order chi connectivity index (χ0) is 16.4. The molecule has 1 saturated heterocycles. The monoisotopic (exact) mass is 312 g/mol. The third-order valence-corrected chi connectivity index (χ3v) is 4.04. The summed E-state index contributed by atoms with van der Waals surface area (Å²) in [4.78, 5) is 29.8. The fourth-order valence-corrected chi connectivity index (χ4v) is 2.98. The predicted octanol–water partition coefficient (Wildman–Crippen LogP) is 1.76. The van der Waals surface area contributed by atoms with Crippen molar-refractivity contribution in [3.05, 3.63) is 35.9 Å². The lowest BCUT2D eigenvalue weighted by Gasteiger charge is -2.22. The van der Waals surface area contributed by atoms with E-state index in [1.165, 1.54) is 0 Å². The van der Waals surface area contributed by atoms with Crippen LogP contribution in [0.2, 0.25) is 0 Å². The van der Waals surface area contributed by atoms with Crippen LogP contribution in [0.5, 0.6) is 0 Å². The van der Waals surface area contributed by atoms with E-state index in [0.29, 0.717) is 24.3 Å². The van der Waals surface area contributed by atoms with Gasteiger partial charge in [0, 0.05) is 30.9 Å². The summed E-state index contributed by atoms with van der Waals surface area (Å²) in [6.07, 6.45) is 1.55. The average Bonchev–Trinajstić information content (AvgIpc) is 2.91. The van der Waals surface area contributed by atoms with Crippen molar-refractivity contribution < 1.29 is 9.59 Å². The van der Waals surface area contributed by atoms with Crippen LogP contribution in [0.1, 0.15) is 30.1 Å². The molecule has 0 radical (unpaired) electrons. The summed E-state index contributed by atoms with van der Waals surface area (Å²) in [5, 5.41) is 4.01. The van der Waals surface area contributed by atoms with Crippen LogP contribution in [0, 0.1) is 0 Å². The molecule has 1 atom stereocenters. The molecule has 0 unspecified atom stereocenters. The summed E-state index contributed by atoms with van der Waals surface area (Å²) in [6.45, 7) is 3.42. The van der Waals surface area contributed by atoms with Gasteiger partial charge in [0.05, 0.1) is 11.1 Å². The van der Waals surface area contributed by atoms with Gasteiger partial charge in [-0.2, -0.15) is 0 Å². The maximum absolute atomic E-state index is 11.7. The number of likely N-dealkylation sites (tertiary alicyclic amines) is 1. The number of benzene rings is 1. The molecular formula is C17H20N4O2. The van der Waals surface area contributed by atoms with E-state index >= 15 is 0 Å². The minimum atomic E-state index is -0.478. The third kappa shape index (κ3) is 3.26. The number of nitrogens with two attached hydrogens (primary N) is 1. The molecule has 0 saturated carbocycles. The Morgan fingerprint density at radius 2 is 2.22 bits per heavy atom. The smallest absolute Gasteiger partial charge is 0.249 e. The largest absolute Gasteiger partial charge is 0.366 e. The molecular weight excluding hydrogens is 292 g/mol. The van der Waals surface area contributed by atoms with Crippen LogP contribution >= 0.6 is 0 Å². The Balaban J connectivity index is 1.82. The molecule has 0 spiro atoms. The number of aromatic nitrogens is 1. The second kappa shape index (κ2) is 6.24. The van der Waals surface area contributed by atoms with Gasteiger partial charge in [-0.3, -0.25) is 9.59 Å². The Hall–Kier alpha value is -2.63. The number of fused-ring (bicyclic) bond motifs is 1. The number of primary amides is 1. The van der Waals surface area contributed by atoms with E-state index in [4.69, 9.17) is 5.73 Å². The normalized spacial score (nSPS) is 15.9. The van der Waals surface area contributed by atoms with E-state index < -0.39 is 5.91 Å². The minimum Gasteiger partial charge on any atom is -0.366 e. The highest BCUT2D eigenvalue weighted by Gasteiger charge is 2.22. The van der Waals surface area contributed by atoms with Crippen molar-refractivity contribution in [2.45, 2.75) is 25.8 Å². The molecule has 0 aliphatic carbocycles. The molecule has 1 aliphatic rings. The topological polar surface area (TPSA) is 88.3 Å². The summed E-state index contributed by atoms with van der Waals surface area (Å²) in [5.74, 6) is 0.314. The lowest BCUT2D eigenvalue weighted by Crippen LogP contribution is -2.35. The minimum absolute atomic E-state index is 0.0337. The predicted molar refractivity (Wildman–Crippen MR) is 89.2 cm³/mol. The highest BCUT2D eigenvalue weighted by atomic mass is 16.2. The van der Waals surface area contributed by atoms with Crippen LogP contribution in [-0.2, 0) is 4.79 Å². The molecule has 1 fully saturated rings. The number of amides is 2. The van der Waals surface area contributed by atoms with Gasteiger partial charge in [0.2, 0.25) is 11.8 Å². The van der Waals surface area contributed by atoms with Crippen molar-refractivity contribution >= 4 is 28.5 Å². The highest BCUT2D eigenvalue weighted by Crippen LogP contribution is 2.21. The number of hydrogen-bond acceptors (Lipinski definition) is 4. The SMILES string of the molecule is C[C@@H](CN1CCCC1=O)Nc1cc(C(N)=O)c2ccccc2n1. The van der Waals surface area contributed by atoms with Crippen LogP contribution in [0.15, 0.2) is 30.3 Å². The maximum Gasteiger partial charge on any atom is 0.249 e. The molecule has 3 rings (SSSR count). The molecule has 1 aromatic heterocycles. The van der Waals surface area contributed by atoms with Gasteiger partial charge in [0.15, 0.2) is 0 Å². The second-order valence-corrected chi connectivity index (χ2v) is 5.93. The van der Waals surface area contributed by atoms with Gasteiger partial charge in [-0.05, 0) is 25.5 Å². The lowest BCUT2D eigenvalue weighted by atomic mass is 10.1. The number of carbonyl (C=O) groups is 2. The number of nitrogens with one attached hydrogen (secondary N) is 1. The van der Waals surface area contributed by atoms with Gasteiger partial charge in [0.1, 0.15) is 5.82 Å². The number of anilines is 1. The van der Waals surface area contributed by atoms with Crippen molar-refractivity contribution in [1.29, 1.82) is 0 Å². The first-order valence-corrected chi connectivity index (χ1v) is 7.78. The number of rotatable bonds is 5. The van der Waals surface area contributed by atoms with Crippen LogP contribution in [-0.4, -0.2) is 40.8 Å². The average molecular weight is 312 g/mol. The molecule has 1 aromatic carbocycles. The van der Waals surface area contributed by atoms with Gasteiger partial charge in [-0.15, -0.1) is 0 Å². The number of nitrogens with zero attached hydrogens (tertiary/aromatic N) is 2. The molecule has 6 heteroatoms. The van der Waals surface area contributed by atoms with E-state index in [9.17, 15) is 9.59 Å². The van der Waals surface area contributed by atoms with Gasteiger partial charge in [0.25, 0.3) is 0 Å². The number of pyridine rings is 1. The second-order valence-electron chi connectivity index (χ2n) is 5.93. The van der Waals surface area contributed by atoms with Gasteiger partial charge in [-0.1, -0.05) is 18.2 Å². The Morgan fingerprint density at radius 1 is 1.43 bits per heavy atom. The molecule has 2 heterocycles. The van der Waals surface area contributed by atoms with Gasteiger partial charge >= 0.3 is 0 Å². The number of hydrogen-bond donors (Lipinski definition) is 2. The van der Waals surface area contributed by atoms with Crippen LogP contribution in [0.25, 0.3) is 10.9 Å². The lowest BCUT2D eigenvalue weighted by molar-refractivity contribution is -0.127. The molecule has 3 N–H and O–H groups in total. The standard InChI is InChI=1S/C17H20N4O2/c1-11(10-21-8-4-7-16(21)22)19-15-9-13(17(18)23)12-5-2-3-6-14(12)20-15/h2-3,5-6,9,11H,4,7-8,10H2,1H3,(H2,18,23)(H,19,20)/t11-/m0/s1. The van der Waals surface area contributed by atoms with Crippen molar-refractivity contribution in [1.82, 2.24) is 9.88 Å². The Kier molecular flexibility index (Phi) is 4.14. The summed E-state index contributed by atoms with van der Waals surface area (Å²) in [6, 6.07) is 9.11. The summed E-state index contributed by atoms with van der Waals surface area (Å²) in [7, 11) is 0. The van der Waals surface area contributed by atoms with E-state index in [1.807, 2.05) is 36.1 Å². The maximum atomic E-state index is 11.7. The first kappa shape index (κ1) is 15.3. The molecule has 1 aliphatic heterocycles. The molecule has 2 amide bonds. The van der Waals surface area contributed by atoms with Crippen LogP contribution < -0.4 is 11.1 Å². The fourth-order valence-electron chi connectivity index (χ4n) is 2.98. The Bertz CT molecular complexity index is 759. The number of carbonyl (C=O) groups excluding carboxylic acids is 2. The summed E-state index contributed by atoms with van der Waals surface area (Å²) < 4.78 is 0. The van der Waals surface area contributed by atoms with E-state index in [1.54, 1.807) is 6.07 Å². The first-order chi connectivity index (χ1) is 11.0. The molecule has 2 aromatic rings. The van der Waals surface area contributed by atoms with E-state index in [-0.39, 0.29) is 11.9 Å². The van der Waals surface area contributed by atoms with Crippen molar-refractivity contribution in [2.24, 2.45) is 5.73 Å². The van der Waals surface area contributed by atoms with Crippen molar-refractivity contribution in [3.63, 3.8) is 0 Å².